The summed E-state index contributed by atoms with van der Waals surface area (Å²) in [5.74, 6) is 1.37. The lowest BCUT2D eigenvalue weighted by Crippen LogP contribution is -2.17. The van der Waals surface area contributed by atoms with Crippen LogP contribution in [0.5, 0.6) is 17.2 Å². The molecular formula is C18H20N2O4. The summed E-state index contributed by atoms with van der Waals surface area (Å²) in [5, 5.41) is 3.99. The molecule has 6 heteroatoms. The first-order valence-electron chi connectivity index (χ1n) is 7.29. The average Bonchev–Trinajstić information content (AvgIpc) is 2.61. The molecule has 1 N–H and O–H groups in total. The Labute approximate surface area is 141 Å². The molecule has 0 bridgehead atoms. The van der Waals surface area contributed by atoms with Crippen molar-refractivity contribution < 1.29 is 19.0 Å². The van der Waals surface area contributed by atoms with Crippen LogP contribution < -0.4 is 19.6 Å². The van der Waals surface area contributed by atoms with Gasteiger partial charge in [0.2, 0.25) is 0 Å². The van der Waals surface area contributed by atoms with Crippen LogP contribution in [0, 0.1) is 6.92 Å². The van der Waals surface area contributed by atoms with Crippen LogP contribution in [-0.2, 0) is 0 Å². The number of hydrogen-bond acceptors (Lipinski definition) is 5. The van der Waals surface area contributed by atoms with Crippen molar-refractivity contribution in [2.45, 2.75) is 6.92 Å². The molecule has 0 aliphatic heterocycles. The van der Waals surface area contributed by atoms with Crippen molar-refractivity contribution in [3.63, 3.8) is 0 Å². The molecule has 0 saturated carbocycles. The SMILES string of the molecule is COc1cc(OC)c(OC)cc1/C=N/NC(=O)c1cccc(C)c1. The Morgan fingerprint density at radius 1 is 1.00 bits per heavy atom. The van der Waals surface area contributed by atoms with Crippen molar-refractivity contribution in [1.29, 1.82) is 0 Å². The highest BCUT2D eigenvalue weighted by Crippen LogP contribution is 2.33. The number of methoxy groups -OCH3 is 3. The van der Waals surface area contributed by atoms with Crippen LogP contribution in [0.25, 0.3) is 0 Å². The molecule has 0 atom stereocenters. The van der Waals surface area contributed by atoms with Gasteiger partial charge < -0.3 is 14.2 Å². The Morgan fingerprint density at radius 2 is 1.67 bits per heavy atom. The monoisotopic (exact) mass is 328 g/mol. The summed E-state index contributed by atoms with van der Waals surface area (Å²) in [4.78, 5) is 12.1. The van der Waals surface area contributed by atoms with E-state index in [-0.39, 0.29) is 5.91 Å². The van der Waals surface area contributed by atoms with Gasteiger partial charge in [-0.25, -0.2) is 5.43 Å². The molecule has 126 valence electrons. The second-order valence-electron chi connectivity index (χ2n) is 5.02. The number of carbonyl (C=O) groups excluding carboxylic acids is 1. The highest BCUT2D eigenvalue weighted by molar-refractivity contribution is 5.95. The van der Waals surface area contributed by atoms with Crippen molar-refractivity contribution in [3.05, 3.63) is 53.1 Å². The predicted octanol–water partition coefficient (Wildman–Crippen LogP) is 2.78. The number of benzene rings is 2. The Bertz CT molecular complexity index is 757. The van der Waals surface area contributed by atoms with E-state index in [0.717, 1.165) is 5.56 Å². The van der Waals surface area contributed by atoms with Crippen molar-refractivity contribution in [3.8, 4) is 17.2 Å². The largest absolute Gasteiger partial charge is 0.496 e. The minimum absolute atomic E-state index is 0.283. The molecule has 0 heterocycles. The third kappa shape index (κ3) is 4.04. The van der Waals surface area contributed by atoms with E-state index in [9.17, 15) is 4.79 Å². The van der Waals surface area contributed by atoms with E-state index in [0.29, 0.717) is 28.4 Å². The number of hydrogen-bond donors (Lipinski definition) is 1. The maximum atomic E-state index is 12.1. The second kappa shape index (κ2) is 8.01. The van der Waals surface area contributed by atoms with E-state index >= 15 is 0 Å². The van der Waals surface area contributed by atoms with Gasteiger partial charge in [-0.1, -0.05) is 17.7 Å². The van der Waals surface area contributed by atoms with Crippen molar-refractivity contribution in [2.24, 2.45) is 5.10 Å². The van der Waals surface area contributed by atoms with E-state index < -0.39 is 0 Å². The zero-order chi connectivity index (χ0) is 17.5. The highest BCUT2D eigenvalue weighted by Gasteiger charge is 2.10. The van der Waals surface area contributed by atoms with Crippen LogP contribution >= 0.6 is 0 Å². The van der Waals surface area contributed by atoms with Crippen molar-refractivity contribution in [1.82, 2.24) is 5.43 Å². The molecule has 0 radical (unpaired) electrons. The molecule has 2 aromatic carbocycles. The summed E-state index contributed by atoms with van der Waals surface area (Å²) >= 11 is 0. The second-order valence-corrected chi connectivity index (χ2v) is 5.02. The lowest BCUT2D eigenvalue weighted by Gasteiger charge is -2.11. The minimum atomic E-state index is -0.283. The normalized spacial score (nSPS) is 10.5. The summed E-state index contributed by atoms with van der Waals surface area (Å²) in [6, 6.07) is 10.7. The summed E-state index contributed by atoms with van der Waals surface area (Å²) < 4.78 is 15.8. The van der Waals surface area contributed by atoms with E-state index in [1.54, 1.807) is 45.6 Å². The molecule has 1 amide bonds. The minimum Gasteiger partial charge on any atom is -0.496 e. The number of hydrazone groups is 1. The molecule has 24 heavy (non-hydrogen) atoms. The Hall–Kier alpha value is -3.02. The third-order valence-corrected chi connectivity index (χ3v) is 3.39. The van der Waals surface area contributed by atoms with E-state index in [2.05, 4.69) is 10.5 Å². The van der Waals surface area contributed by atoms with Crippen molar-refractivity contribution >= 4 is 12.1 Å². The molecule has 0 saturated heterocycles. The molecule has 2 aromatic rings. The molecule has 0 spiro atoms. The number of nitrogens with one attached hydrogen (secondary N) is 1. The topological polar surface area (TPSA) is 69.2 Å². The first-order valence-corrected chi connectivity index (χ1v) is 7.29. The summed E-state index contributed by atoms with van der Waals surface area (Å²) in [7, 11) is 4.64. The van der Waals surface area contributed by atoms with Crippen LogP contribution in [0.2, 0.25) is 0 Å². The van der Waals surface area contributed by atoms with Gasteiger partial charge in [0.15, 0.2) is 11.5 Å². The Balaban J connectivity index is 2.17. The fourth-order valence-electron chi connectivity index (χ4n) is 2.17. The van der Waals surface area contributed by atoms with Crippen LogP contribution in [0.3, 0.4) is 0 Å². The number of amides is 1. The summed E-state index contributed by atoms with van der Waals surface area (Å²) in [6.45, 7) is 1.93. The average molecular weight is 328 g/mol. The molecule has 6 nitrogen and oxygen atoms in total. The molecular weight excluding hydrogens is 308 g/mol. The van der Waals surface area contributed by atoms with Crippen LogP contribution in [0.4, 0.5) is 0 Å². The number of ether oxygens (including phenoxy) is 3. The molecule has 0 aliphatic carbocycles. The van der Waals surface area contributed by atoms with Crippen LogP contribution in [-0.4, -0.2) is 33.5 Å². The first kappa shape index (κ1) is 17.3. The maximum absolute atomic E-state index is 12.1. The van der Waals surface area contributed by atoms with E-state index in [1.807, 2.05) is 19.1 Å². The van der Waals surface area contributed by atoms with Crippen molar-refractivity contribution in [2.75, 3.05) is 21.3 Å². The first-order chi connectivity index (χ1) is 11.6. The molecule has 0 aromatic heterocycles. The molecule has 0 aliphatic rings. The number of nitrogens with zero attached hydrogens (tertiary/aromatic N) is 1. The summed E-state index contributed by atoms with van der Waals surface area (Å²) in [5.41, 5.74) is 4.70. The van der Waals surface area contributed by atoms with E-state index in [1.165, 1.54) is 6.21 Å². The van der Waals surface area contributed by atoms with Gasteiger partial charge in [0.05, 0.1) is 27.5 Å². The smallest absolute Gasteiger partial charge is 0.271 e. The van der Waals surface area contributed by atoms with Gasteiger partial charge in [-0.15, -0.1) is 0 Å². The number of carbonyl (C=O) groups is 1. The van der Waals surface area contributed by atoms with Gasteiger partial charge in [0, 0.05) is 17.2 Å². The van der Waals surface area contributed by atoms with Crippen LogP contribution in [0.1, 0.15) is 21.5 Å². The van der Waals surface area contributed by atoms with Gasteiger partial charge in [0.25, 0.3) is 5.91 Å². The number of aryl methyl sites for hydroxylation is 1. The fourth-order valence-corrected chi connectivity index (χ4v) is 2.17. The van der Waals surface area contributed by atoms with Gasteiger partial charge >= 0.3 is 0 Å². The molecule has 0 fully saturated rings. The lowest BCUT2D eigenvalue weighted by atomic mass is 10.1. The van der Waals surface area contributed by atoms with Gasteiger partial charge in [0.1, 0.15) is 5.75 Å². The predicted molar refractivity (Wildman–Crippen MR) is 92.3 cm³/mol. The fraction of sp³-hybridized carbons (Fsp3) is 0.222. The van der Waals surface area contributed by atoms with Gasteiger partial charge in [-0.2, -0.15) is 5.10 Å². The lowest BCUT2D eigenvalue weighted by molar-refractivity contribution is 0.0955. The zero-order valence-electron chi connectivity index (χ0n) is 14.1. The molecule has 0 unspecified atom stereocenters. The summed E-state index contributed by atoms with van der Waals surface area (Å²) in [6.07, 6.45) is 1.49. The number of rotatable bonds is 6. The Morgan fingerprint density at radius 3 is 2.29 bits per heavy atom. The van der Waals surface area contributed by atoms with Gasteiger partial charge in [-0.05, 0) is 25.1 Å². The zero-order valence-corrected chi connectivity index (χ0v) is 14.1. The van der Waals surface area contributed by atoms with Gasteiger partial charge in [-0.3, -0.25) is 4.79 Å². The third-order valence-electron chi connectivity index (χ3n) is 3.39. The van der Waals surface area contributed by atoms with Crippen LogP contribution in [0.15, 0.2) is 41.5 Å². The quantitative estimate of drug-likeness (QED) is 0.654. The van der Waals surface area contributed by atoms with E-state index in [4.69, 9.17) is 14.2 Å². The highest BCUT2D eigenvalue weighted by atomic mass is 16.5. The Kier molecular flexibility index (Phi) is 5.78. The molecule has 2 rings (SSSR count). The standard InChI is InChI=1S/C18H20N2O4/c1-12-6-5-7-13(8-12)18(21)20-19-11-14-9-16(23-3)17(24-4)10-15(14)22-2/h5-11H,1-4H3,(H,20,21)/b19-11+. The maximum Gasteiger partial charge on any atom is 0.271 e.